The van der Waals surface area contributed by atoms with Crippen LogP contribution in [0.2, 0.25) is 0 Å². The molecule has 38 heavy (non-hydrogen) atoms. The minimum atomic E-state index is -3.68. The van der Waals surface area contributed by atoms with E-state index >= 15 is 4.39 Å². The monoisotopic (exact) mass is 554 g/mol. The predicted molar refractivity (Wildman–Crippen MR) is 134 cm³/mol. The highest BCUT2D eigenvalue weighted by molar-refractivity contribution is 7.92. The molecule has 2 aliphatic heterocycles. The van der Waals surface area contributed by atoms with Crippen molar-refractivity contribution in [2.24, 2.45) is 11.8 Å². The van der Waals surface area contributed by atoms with Crippen LogP contribution in [0.25, 0.3) is 0 Å². The van der Waals surface area contributed by atoms with Gasteiger partial charge in [0, 0.05) is 24.9 Å². The highest BCUT2D eigenvalue weighted by Crippen LogP contribution is 2.34. The van der Waals surface area contributed by atoms with Gasteiger partial charge in [0.2, 0.25) is 5.82 Å². The third-order valence-corrected chi connectivity index (χ3v) is 8.45. The van der Waals surface area contributed by atoms with Gasteiger partial charge in [0.05, 0.1) is 29.0 Å². The number of hydrogen-bond donors (Lipinski definition) is 1. The average molecular weight is 555 g/mol. The number of likely N-dealkylation sites (tertiary alicyclic amines) is 1. The summed E-state index contributed by atoms with van der Waals surface area (Å²) in [5.41, 5.74) is -0.793. The summed E-state index contributed by atoms with van der Waals surface area (Å²) in [5.74, 6) is -2.95. The molecule has 208 valence electrons. The number of rotatable bonds is 6. The van der Waals surface area contributed by atoms with E-state index in [1.807, 2.05) is 0 Å². The highest BCUT2D eigenvalue weighted by Gasteiger charge is 2.45. The van der Waals surface area contributed by atoms with Crippen molar-refractivity contribution in [2.75, 3.05) is 31.6 Å². The summed E-state index contributed by atoms with van der Waals surface area (Å²) < 4.78 is 71.8. The number of piperidine rings is 1. The van der Waals surface area contributed by atoms with Gasteiger partial charge in [-0.05, 0) is 52.8 Å². The van der Waals surface area contributed by atoms with Gasteiger partial charge in [-0.3, -0.25) is 0 Å². The van der Waals surface area contributed by atoms with Crippen molar-refractivity contribution < 1.29 is 36.2 Å². The lowest BCUT2D eigenvalue weighted by Crippen LogP contribution is -2.59. The first-order valence-corrected chi connectivity index (χ1v) is 13.8. The number of ether oxygens (including phenoxy) is 3. The molecule has 2 fully saturated rings. The smallest absolute Gasteiger partial charge is 0.410 e. The molecule has 10 nitrogen and oxygen atoms in total. The van der Waals surface area contributed by atoms with E-state index in [1.165, 1.54) is 26.0 Å². The first-order chi connectivity index (χ1) is 17.8. The maximum Gasteiger partial charge on any atom is 0.410 e. The Labute approximate surface area is 220 Å². The Balaban J connectivity index is 1.50. The first-order valence-electron chi connectivity index (χ1n) is 12.3. The van der Waals surface area contributed by atoms with Crippen molar-refractivity contribution in [2.45, 2.75) is 56.5 Å². The van der Waals surface area contributed by atoms with E-state index < -0.39 is 44.5 Å². The molecule has 0 aliphatic carbocycles. The van der Waals surface area contributed by atoms with Gasteiger partial charge in [-0.25, -0.2) is 22.6 Å². The van der Waals surface area contributed by atoms with Crippen molar-refractivity contribution in [3.63, 3.8) is 0 Å². The summed E-state index contributed by atoms with van der Waals surface area (Å²) in [4.78, 5) is 21.8. The lowest BCUT2D eigenvalue weighted by molar-refractivity contribution is -0.114. The molecule has 2 atom stereocenters. The van der Waals surface area contributed by atoms with Crippen LogP contribution in [-0.4, -0.2) is 72.6 Å². The zero-order chi connectivity index (χ0) is 27.8. The van der Waals surface area contributed by atoms with Gasteiger partial charge < -0.3 is 24.4 Å². The van der Waals surface area contributed by atoms with E-state index in [9.17, 15) is 17.6 Å². The summed E-state index contributed by atoms with van der Waals surface area (Å²) >= 11 is 0. The molecule has 1 amide bonds. The Morgan fingerprint density at radius 1 is 1.16 bits per heavy atom. The van der Waals surface area contributed by atoms with Gasteiger partial charge in [0.25, 0.3) is 5.88 Å². The minimum Gasteiger partial charge on any atom is -0.471 e. The summed E-state index contributed by atoms with van der Waals surface area (Å²) in [6.45, 7) is 9.63. The number of nitrogens with one attached hydrogen (secondary N) is 1. The van der Waals surface area contributed by atoms with Crippen molar-refractivity contribution in [1.29, 1.82) is 0 Å². The number of aromatic nitrogens is 2. The van der Waals surface area contributed by atoms with Crippen molar-refractivity contribution in [1.82, 2.24) is 14.9 Å². The Morgan fingerprint density at radius 3 is 2.39 bits per heavy atom. The van der Waals surface area contributed by atoms with Gasteiger partial charge in [-0.1, -0.05) is 0 Å². The van der Waals surface area contributed by atoms with E-state index in [-0.39, 0.29) is 34.1 Å². The van der Waals surface area contributed by atoms with Crippen LogP contribution in [0.5, 0.6) is 5.88 Å². The second kappa shape index (κ2) is 10.6. The lowest BCUT2D eigenvalue weighted by Gasteiger charge is -2.46. The molecular weight excluding hydrogens is 522 g/mol. The van der Waals surface area contributed by atoms with E-state index in [0.29, 0.717) is 26.3 Å². The Hall–Kier alpha value is -3.06. The Kier molecular flexibility index (Phi) is 7.80. The summed E-state index contributed by atoms with van der Waals surface area (Å²) in [7, 11) is -3.68. The predicted octanol–water partition coefficient (Wildman–Crippen LogP) is 3.94. The molecule has 0 radical (unpaired) electrons. The number of carbonyl (C=O) groups is 1. The van der Waals surface area contributed by atoms with Crippen LogP contribution in [-0.2, 0) is 19.3 Å². The fraction of sp³-hybridized carbons (Fsp3) is 0.560. The lowest BCUT2D eigenvalue weighted by atomic mass is 9.84. The standard InChI is InChI=1S/C25H32F2N4O6S/c1-14(2)38(33,34)17-6-7-19(18(26)8-17)30-22-20(27)23(29-13-28-22)36-21-15-9-31(10-16(21)12-35-11-15)24(32)37-25(3,4)5/h6-8,13-16,21H,9-12H2,1-5H3,(H,28,29,30). The third kappa shape index (κ3) is 5.98. The fourth-order valence-corrected chi connectivity index (χ4v) is 5.46. The zero-order valence-corrected chi connectivity index (χ0v) is 22.7. The van der Waals surface area contributed by atoms with Gasteiger partial charge in [0.1, 0.15) is 23.8 Å². The van der Waals surface area contributed by atoms with Gasteiger partial charge in [-0.15, -0.1) is 0 Å². The number of amides is 1. The minimum absolute atomic E-state index is 0.160. The highest BCUT2D eigenvalue weighted by atomic mass is 32.2. The Bertz CT molecular complexity index is 1290. The molecule has 3 heterocycles. The fourth-order valence-electron chi connectivity index (χ4n) is 4.39. The summed E-state index contributed by atoms with van der Waals surface area (Å²) in [5, 5.41) is 1.83. The van der Waals surface area contributed by atoms with Gasteiger partial charge in [-0.2, -0.15) is 9.37 Å². The van der Waals surface area contributed by atoms with Crippen LogP contribution in [0.4, 0.5) is 25.1 Å². The maximum atomic E-state index is 15.3. The molecule has 2 unspecified atom stereocenters. The number of anilines is 2. The molecular formula is C25H32F2N4O6S. The number of fused-ring (bicyclic) bond motifs is 2. The second-order valence-corrected chi connectivity index (χ2v) is 13.2. The topological polar surface area (TPSA) is 120 Å². The van der Waals surface area contributed by atoms with E-state index in [4.69, 9.17) is 14.2 Å². The zero-order valence-electron chi connectivity index (χ0n) is 21.9. The molecule has 1 aromatic carbocycles. The number of halogens is 2. The molecule has 1 N–H and O–H groups in total. The summed E-state index contributed by atoms with van der Waals surface area (Å²) in [6.07, 6.45) is 0.178. The van der Waals surface area contributed by atoms with Crippen molar-refractivity contribution in [3.8, 4) is 5.88 Å². The van der Waals surface area contributed by atoms with Crippen LogP contribution in [0.15, 0.2) is 29.4 Å². The van der Waals surface area contributed by atoms with Crippen LogP contribution in [0, 0.1) is 23.5 Å². The number of carbonyl (C=O) groups excluding carboxylic acids is 1. The molecule has 1 aromatic heterocycles. The molecule has 0 saturated carbocycles. The molecule has 0 spiro atoms. The van der Waals surface area contributed by atoms with E-state index in [1.54, 1.807) is 25.7 Å². The van der Waals surface area contributed by atoms with Crippen LogP contribution < -0.4 is 10.1 Å². The van der Waals surface area contributed by atoms with Gasteiger partial charge in [0.15, 0.2) is 15.7 Å². The van der Waals surface area contributed by atoms with Crippen LogP contribution in [0.1, 0.15) is 34.6 Å². The molecule has 4 rings (SSSR count). The number of sulfone groups is 1. The molecule has 2 bridgehead atoms. The first kappa shape index (κ1) is 28.0. The largest absolute Gasteiger partial charge is 0.471 e. The third-order valence-electron chi connectivity index (χ3n) is 6.30. The number of hydrogen-bond acceptors (Lipinski definition) is 9. The molecule has 2 saturated heterocycles. The Morgan fingerprint density at radius 2 is 1.82 bits per heavy atom. The maximum absolute atomic E-state index is 15.3. The van der Waals surface area contributed by atoms with Gasteiger partial charge >= 0.3 is 6.09 Å². The molecule has 2 aromatic rings. The van der Waals surface area contributed by atoms with Crippen molar-refractivity contribution in [3.05, 3.63) is 36.2 Å². The quantitative estimate of drug-likeness (QED) is 0.566. The average Bonchev–Trinajstić information content (AvgIpc) is 2.81. The normalized spacial score (nSPS) is 21.8. The van der Waals surface area contributed by atoms with Crippen LogP contribution >= 0.6 is 0 Å². The van der Waals surface area contributed by atoms with Crippen LogP contribution in [0.3, 0.4) is 0 Å². The van der Waals surface area contributed by atoms with E-state index in [2.05, 4.69) is 15.3 Å². The molecule has 2 aliphatic rings. The SMILES string of the molecule is CC(C)S(=O)(=O)c1ccc(Nc2ncnc(OC3C4COCC3CN(C(=O)OC(C)(C)C)C4)c2F)c(F)c1. The molecule has 13 heteroatoms. The van der Waals surface area contributed by atoms with Crippen molar-refractivity contribution >= 4 is 27.4 Å². The van der Waals surface area contributed by atoms with E-state index in [0.717, 1.165) is 12.4 Å². The number of nitrogens with zero attached hydrogens (tertiary/aromatic N) is 3. The second-order valence-electron chi connectivity index (χ2n) is 10.7. The summed E-state index contributed by atoms with van der Waals surface area (Å²) in [6, 6.07) is 3.34. The number of benzene rings is 1.